The van der Waals surface area contributed by atoms with E-state index in [1.807, 2.05) is 71.6 Å². The van der Waals surface area contributed by atoms with Gasteiger partial charge in [0.05, 0.1) is 7.11 Å². The van der Waals surface area contributed by atoms with Gasteiger partial charge in [-0.1, -0.05) is 48.0 Å². The van der Waals surface area contributed by atoms with Crippen molar-refractivity contribution in [3.05, 3.63) is 95.0 Å². The summed E-state index contributed by atoms with van der Waals surface area (Å²) in [6.07, 6.45) is 1.84. The van der Waals surface area contributed by atoms with Crippen LogP contribution in [-0.2, 0) is 6.54 Å². The normalized spacial score (nSPS) is 14.9. The maximum atomic E-state index is 13.5. The number of likely N-dealkylation sites (tertiary alicyclic amines) is 1. The molecule has 0 aliphatic carbocycles. The molecule has 0 unspecified atom stereocenters. The standard InChI is InChI=1S/C26H27ClN2O2/c1-31-25-9-5-8-24(18-25)29(26(30)21-6-3-2-4-7-21)23-14-16-28(17-15-23)19-20-10-12-22(27)13-11-20/h2-13,18,23H,14-17,19H2,1H3. The van der Waals surface area contributed by atoms with Crippen LogP contribution in [0.25, 0.3) is 0 Å². The molecule has 0 spiro atoms. The van der Waals surface area contributed by atoms with Gasteiger partial charge in [-0.2, -0.15) is 0 Å². The van der Waals surface area contributed by atoms with Crippen molar-refractivity contribution in [1.29, 1.82) is 0 Å². The third-order valence-corrected chi connectivity index (χ3v) is 6.06. The number of carbonyl (C=O) groups is 1. The van der Waals surface area contributed by atoms with Crippen molar-refractivity contribution in [3.8, 4) is 5.75 Å². The molecule has 4 nitrogen and oxygen atoms in total. The number of methoxy groups -OCH3 is 1. The molecule has 5 heteroatoms. The highest BCUT2D eigenvalue weighted by atomic mass is 35.5. The van der Waals surface area contributed by atoms with Gasteiger partial charge in [-0.3, -0.25) is 9.69 Å². The first-order valence-electron chi connectivity index (χ1n) is 10.6. The molecule has 1 aliphatic rings. The van der Waals surface area contributed by atoms with E-state index < -0.39 is 0 Å². The van der Waals surface area contributed by atoms with Gasteiger partial charge >= 0.3 is 0 Å². The fourth-order valence-corrected chi connectivity index (χ4v) is 4.28. The number of halogens is 1. The molecule has 160 valence electrons. The topological polar surface area (TPSA) is 32.8 Å². The van der Waals surface area contributed by atoms with E-state index in [0.29, 0.717) is 5.56 Å². The summed E-state index contributed by atoms with van der Waals surface area (Å²) in [5, 5.41) is 0.760. The second kappa shape index (κ2) is 9.99. The number of hydrogen-bond acceptors (Lipinski definition) is 3. The van der Waals surface area contributed by atoms with E-state index in [-0.39, 0.29) is 11.9 Å². The van der Waals surface area contributed by atoms with Crippen LogP contribution < -0.4 is 9.64 Å². The predicted molar refractivity (Wildman–Crippen MR) is 126 cm³/mol. The van der Waals surface area contributed by atoms with Gasteiger partial charge in [-0.05, 0) is 54.8 Å². The molecule has 1 amide bonds. The van der Waals surface area contributed by atoms with E-state index in [1.54, 1.807) is 7.11 Å². The summed E-state index contributed by atoms with van der Waals surface area (Å²) in [6.45, 7) is 2.78. The Morgan fingerprint density at radius 1 is 1.00 bits per heavy atom. The number of amides is 1. The van der Waals surface area contributed by atoms with Crippen LogP contribution in [-0.4, -0.2) is 37.0 Å². The van der Waals surface area contributed by atoms with Crippen molar-refractivity contribution < 1.29 is 9.53 Å². The van der Waals surface area contributed by atoms with Crippen LogP contribution in [0.5, 0.6) is 5.75 Å². The third kappa shape index (κ3) is 5.27. The van der Waals surface area contributed by atoms with Gasteiger partial charge in [-0.25, -0.2) is 0 Å². The molecule has 0 atom stereocenters. The monoisotopic (exact) mass is 434 g/mol. The van der Waals surface area contributed by atoms with Crippen LogP contribution in [0, 0.1) is 0 Å². The second-order valence-electron chi connectivity index (χ2n) is 7.88. The first-order chi connectivity index (χ1) is 15.1. The zero-order valence-corrected chi connectivity index (χ0v) is 18.5. The van der Waals surface area contributed by atoms with Crippen molar-refractivity contribution in [3.63, 3.8) is 0 Å². The summed E-state index contributed by atoms with van der Waals surface area (Å²) in [5.74, 6) is 0.786. The highest BCUT2D eigenvalue weighted by Crippen LogP contribution is 2.29. The quantitative estimate of drug-likeness (QED) is 0.501. The van der Waals surface area contributed by atoms with E-state index in [9.17, 15) is 4.79 Å². The van der Waals surface area contributed by atoms with Gasteiger partial charge in [0.1, 0.15) is 5.75 Å². The Bertz CT molecular complexity index is 999. The molecule has 3 aromatic rings. The maximum Gasteiger partial charge on any atom is 0.258 e. The number of anilines is 1. The molecular weight excluding hydrogens is 408 g/mol. The highest BCUT2D eigenvalue weighted by Gasteiger charge is 2.30. The summed E-state index contributed by atoms with van der Waals surface area (Å²) in [6, 6.07) is 25.5. The van der Waals surface area contributed by atoms with Gasteiger partial charge in [0, 0.05) is 48.0 Å². The van der Waals surface area contributed by atoms with Crippen molar-refractivity contribution >= 4 is 23.2 Å². The van der Waals surface area contributed by atoms with Gasteiger partial charge < -0.3 is 9.64 Å². The Morgan fingerprint density at radius 3 is 2.39 bits per heavy atom. The summed E-state index contributed by atoms with van der Waals surface area (Å²) in [5.41, 5.74) is 2.84. The fourth-order valence-electron chi connectivity index (χ4n) is 4.16. The molecule has 1 heterocycles. The summed E-state index contributed by atoms with van der Waals surface area (Å²) in [4.78, 5) is 17.9. The lowest BCUT2D eigenvalue weighted by atomic mass is 10.00. The first-order valence-corrected chi connectivity index (χ1v) is 11.0. The van der Waals surface area contributed by atoms with Crippen LogP contribution in [0.15, 0.2) is 78.9 Å². The first kappa shape index (κ1) is 21.4. The fraction of sp³-hybridized carbons (Fsp3) is 0.269. The van der Waals surface area contributed by atoms with Gasteiger partial charge in [0.25, 0.3) is 5.91 Å². The number of benzene rings is 3. The van der Waals surface area contributed by atoms with Crippen molar-refractivity contribution in [2.75, 3.05) is 25.1 Å². The highest BCUT2D eigenvalue weighted by molar-refractivity contribution is 6.30. The minimum atomic E-state index is 0.0324. The zero-order chi connectivity index (χ0) is 21.6. The number of ether oxygens (including phenoxy) is 1. The molecule has 0 aromatic heterocycles. The Hall–Kier alpha value is -2.82. The van der Waals surface area contributed by atoms with E-state index in [1.165, 1.54) is 5.56 Å². The molecule has 4 rings (SSSR count). The number of rotatable bonds is 6. The lowest BCUT2D eigenvalue weighted by Gasteiger charge is -2.38. The summed E-state index contributed by atoms with van der Waals surface area (Å²) < 4.78 is 5.41. The summed E-state index contributed by atoms with van der Waals surface area (Å²) in [7, 11) is 1.65. The number of hydrogen-bond donors (Lipinski definition) is 0. The van der Waals surface area contributed by atoms with Gasteiger partial charge in [-0.15, -0.1) is 0 Å². The SMILES string of the molecule is COc1cccc(N(C(=O)c2ccccc2)C2CCN(Cc3ccc(Cl)cc3)CC2)c1. The lowest BCUT2D eigenvalue weighted by Crippen LogP contribution is -2.47. The average molecular weight is 435 g/mol. The van der Waals surface area contributed by atoms with Crippen LogP contribution in [0.1, 0.15) is 28.8 Å². The summed E-state index contributed by atoms with van der Waals surface area (Å²) >= 11 is 6.01. The van der Waals surface area contributed by atoms with Gasteiger partial charge in [0.2, 0.25) is 0 Å². The molecular formula is C26H27ClN2O2. The maximum absolute atomic E-state index is 13.5. The third-order valence-electron chi connectivity index (χ3n) is 5.81. The zero-order valence-electron chi connectivity index (χ0n) is 17.7. The molecule has 0 bridgehead atoms. The largest absolute Gasteiger partial charge is 0.497 e. The molecule has 1 saturated heterocycles. The van der Waals surface area contributed by atoms with Crippen LogP contribution in [0.4, 0.5) is 5.69 Å². The number of nitrogens with zero attached hydrogens (tertiary/aromatic N) is 2. The van der Waals surface area contributed by atoms with E-state index in [2.05, 4.69) is 17.0 Å². The molecule has 1 aliphatic heterocycles. The van der Waals surface area contributed by atoms with Crippen LogP contribution >= 0.6 is 11.6 Å². The van der Waals surface area contributed by atoms with Crippen LogP contribution in [0.3, 0.4) is 0 Å². The smallest absolute Gasteiger partial charge is 0.258 e. The average Bonchev–Trinajstić information content (AvgIpc) is 2.82. The van der Waals surface area contributed by atoms with E-state index in [0.717, 1.165) is 48.9 Å². The molecule has 3 aromatic carbocycles. The lowest BCUT2D eigenvalue weighted by molar-refractivity contribution is 0.0958. The molecule has 0 radical (unpaired) electrons. The molecule has 31 heavy (non-hydrogen) atoms. The number of piperidine rings is 1. The Balaban J connectivity index is 1.52. The number of carbonyl (C=O) groups excluding carboxylic acids is 1. The Kier molecular flexibility index (Phi) is 6.90. The van der Waals surface area contributed by atoms with E-state index in [4.69, 9.17) is 16.3 Å². The molecule has 0 saturated carbocycles. The van der Waals surface area contributed by atoms with Crippen molar-refractivity contribution in [2.45, 2.75) is 25.4 Å². The van der Waals surface area contributed by atoms with Crippen molar-refractivity contribution in [1.82, 2.24) is 4.90 Å². The predicted octanol–water partition coefficient (Wildman–Crippen LogP) is 5.66. The Labute approximate surface area is 189 Å². The van der Waals surface area contributed by atoms with Gasteiger partial charge in [0.15, 0.2) is 0 Å². The van der Waals surface area contributed by atoms with Crippen molar-refractivity contribution in [2.24, 2.45) is 0 Å². The minimum Gasteiger partial charge on any atom is -0.497 e. The minimum absolute atomic E-state index is 0.0324. The molecule has 1 fully saturated rings. The van der Waals surface area contributed by atoms with E-state index >= 15 is 0 Å². The molecule has 0 N–H and O–H groups in total. The Morgan fingerprint density at radius 2 is 1.71 bits per heavy atom. The second-order valence-corrected chi connectivity index (χ2v) is 8.31. The van der Waals surface area contributed by atoms with Crippen LogP contribution in [0.2, 0.25) is 5.02 Å².